The van der Waals surface area contributed by atoms with E-state index in [1.54, 1.807) is 24.4 Å². The van der Waals surface area contributed by atoms with Crippen molar-refractivity contribution in [1.82, 2.24) is 9.55 Å². The Labute approximate surface area is 156 Å². The minimum atomic E-state index is -0.748. The third kappa shape index (κ3) is 4.58. The summed E-state index contributed by atoms with van der Waals surface area (Å²) in [6, 6.07) is 10.9. The number of anilines is 1. The Bertz CT molecular complexity index is 984. The van der Waals surface area contributed by atoms with E-state index in [0.29, 0.717) is 17.8 Å². The van der Waals surface area contributed by atoms with Gasteiger partial charge in [0.25, 0.3) is 0 Å². The summed E-state index contributed by atoms with van der Waals surface area (Å²) < 4.78 is 14.2. The fraction of sp³-hybridized carbons (Fsp3) is 0.150. The largest absolute Gasteiger partial charge is 0.382 e. The van der Waals surface area contributed by atoms with Crippen LogP contribution < -0.4 is 16.5 Å². The number of nitrogens with zero attached hydrogens (tertiary/aromatic N) is 2. The van der Waals surface area contributed by atoms with Gasteiger partial charge in [-0.2, -0.15) is 0 Å². The van der Waals surface area contributed by atoms with Crippen molar-refractivity contribution in [2.75, 3.05) is 11.9 Å². The average Bonchev–Trinajstić information content (AvgIpc) is 2.67. The molecule has 7 heteroatoms. The van der Waals surface area contributed by atoms with Crippen LogP contribution in [0, 0.1) is 11.2 Å². The Morgan fingerprint density at radius 2 is 2.00 bits per heavy atom. The molecule has 0 aliphatic rings. The van der Waals surface area contributed by atoms with Crippen molar-refractivity contribution in [1.29, 1.82) is 5.41 Å². The smallest absolute Gasteiger partial charge is 0.324 e. The van der Waals surface area contributed by atoms with Crippen molar-refractivity contribution in [3.8, 4) is 11.1 Å². The Hall–Kier alpha value is -3.48. The second-order valence-electron chi connectivity index (χ2n) is 6.10. The molecule has 0 spiro atoms. The number of hydrogen-bond acceptors (Lipinski definition) is 4. The molecule has 0 unspecified atom stereocenters. The van der Waals surface area contributed by atoms with Crippen LogP contribution in [0.5, 0.6) is 0 Å². The van der Waals surface area contributed by atoms with Crippen LogP contribution >= 0.6 is 0 Å². The number of carbonyl (C=O) groups excluding carboxylic acids is 1. The molecule has 4 N–H and O–H groups in total. The van der Waals surface area contributed by atoms with Crippen molar-refractivity contribution < 1.29 is 9.18 Å². The molecule has 0 aliphatic carbocycles. The molecule has 3 rings (SSSR count). The topological polar surface area (TPSA) is 96.8 Å². The van der Waals surface area contributed by atoms with E-state index < -0.39 is 6.03 Å². The SMILES string of the molecule is N=c1c(NCCCc2cccnc2)cc(-c2ccc(F)cc2)cn1C(N)=O. The summed E-state index contributed by atoms with van der Waals surface area (Å²) in [5.41, 5.74) is 8.39. The van der Waals surface area contributed by atoms with E-state index in [9.17, 15) is 9.18 Å². The van der Waals surface area contributed by atoms with Crippen LogP contribution in [0.15, 0.2) is 61.1 Å². The lowest BCUT2D eigenvalue weighted by atomic mass is 10.1. The minimum Gasteiger partial charge on any atom is -0.382 e. The third-order valence-corrected chi connectivity index (χ3v) is 4.16. The van der Waals surface area contributed by atoms with Gasteiger partial charge in [0.05, 0.1) is 5.69 Å². The highest BCUT2D eigenvalue weighted by Gasteiger charge is 2.09. The summed E-state index contributed by atoms with van der Waals surface area (Å²) in [7, 11) is 0. The fourth-order valence-corrected chi connectivity index (χ4v) is 2.76. The van der Waals surface area contributed by atoms with Gasteiger partial charge in [0, 0.05) is 30.7 Å². The molecule has 6 nitrogen and oxygen atoms in total. The maximum Gasteiger partial charge on any atom is 0.324 e. The summed E-state index contributed by atoms with van der Waals surface area (Å²) in [5, 5.41) is 11.4. The predicted molar refractivity (Wildman–Crippen MR) is 102 cm³/mol. The number of benzene rings is 1. The molecule has 27 heavy (non-hydrogen) atoms. The molecule has 0 radical (unpaired) electrons. The first-order valence-corrected chi connectivity index (χ1v) is 8.54. The summed E-state index contributed by atoms with van der Waals surface area (Å²) in [6.07, 6.45) is 6.73. The minimum absolute atomic E-state index is 0.0188. The molecule has 2 aromatic heterocycles. The van der Waals surface area contributed by atoms with Crippen molar-refractivity contribution >= 4 is 11.7 Å². The lowest BCUT2D eigenvalue weighted by molar-refractivity contribution is 0.249. The molecule has 3 aromatic rings. The highest BCUT2D eigenvalue weighted by Crippen LogP contribution is 2.21. The number of halogens is 1. The van der Waals surface area contributed by atoms with Gasteiger partial charge in [-0.3, -0.25) is 15.0 Å². The molecular formula is C20H20FN5O. The number of rotatable bonds is 6. The van der Waals surface area contributed by atoms with Crippen molar-refractivity contribution in [3.63, 3.8) is 0 Å². The first kappa shape index (κ1) is 18.3. The maximum atomic E-state index is 13.2. The lowest BCUT2D eigenvalue weighted by Gasteiger charge is -2.13. The van der Waals surface area contributed by atoms with Crippen LogP contribution in [0.3, 0.4) is 0 Å². The number of primary amides is 1. The van der Waals surface area contributed by atoms with Gasteiger partial charge in [-0.05, 0) is 48.2 Å². The molecule has 0 bridgehead atoms. The molecule has 1 aromatic carbocycles. The predicted octanol–water partition coefficient (Wildman–Crippen LogP) is 3.14. The van der Waals surface area contributed by atoms with Crippen LogP contribution in [0.2, 0.25) is 0 Å². The Kier molecular flexibility index (Phi) is 5.61. The van der Waals surface area contributed by atoms with Crippen LogP contribution in [0.4, 0.5) is 14.9 Å². The van der Waals surface area contributed by atoms with Crippen molar-refractivity contribution in [2.24, 2.45) is 5.73 Å². The van der Waals surface area contributed by atoms with Gasteiger partial charge in [-0.25, -0.2) is 9.18 Å². The van der Waals surface area contributed by atoms with Crippen LogP contribution in [-0.2, 0) is 6.42 Å². The number of nitrogens with one attached hydrogen (secondary N) is 2. The maximum absolute atomic E-state index is 13.2. The molecule has 1 amide bonds. The second-order valence-corrected chi connectivity index (χ2v) is 6.10. The molecule has 0 saturated heterocycles. The second kappa shape index (κ2) is 8.27. The molecule has 0 saturated carbocycles. The van der Waals surface area contributed by atoms with Gasteiger partial charge in [-0.15, -0.1) is 0 Å². The number of carbonyl (C=O) groups is 1. The van der Waals surface area contributed by atoms with Gasteiger partial charge < -0.3 is 11.1 Å². The summed E-state index contributed by atoms with van der Waals surface area (Å²) in [4.78, 5) is 15.8. The quantitative estimate of drug-likeness (QED) is 0.586. The zero-order valence-corrected chi connectivity index (χ0v) is 14.7. The highest BCUT2D eigenvalue weighted by atomic mass is 19.1. The normalized spacial score (nSPS) is 10.6. The summed E-state index contributed by atoms with van der Waals surface area (Å²) in [5.74, 6) is -0.340. The zero-order valence-electron chi connectivity index (χ0n) is 14.7. The molecule has 0 fully saturated rings. The number of nitrogens with two attached hydrogens (primary N) is 1. The van der Waals surface area contributed by atoms with Crippen molar-refractivity contribution in [3.05, 3.63) is 77.9 Å². The molecular weight excluding hydrogens is 345 g/mol. The number of aromatic nitrogens is 2. The van der Waals surface area contributed by atoms with E-state index in [-0.39, 0.29) is 11.3 Å². The third-order valence-electron chi connectivity index (χ3n) is 4.16. The standard InChI is InChI=1S/C20H20FN5O/c21-17-7-5-15(6-8-17)16-11-18(19(22)26(13-16)20(23)27)25-10-2-4-14-3-1-9-24-12-14/h1,3,5-9,11-13,22,25H,2,4,10H2,(H2,23,27). The number of aryl methyl sites for hydroxylation is 1. The Morgan fingerprint density at radius 3 is 2.67 bits per heavy atom. The van der Waals surface area contributed by atoms with E-state index in [2.05, 4.69) is 10.3 Å². The molecule has 2 heterocycles. The number of hydrogen-bond donors (Lipinski definition) is 3. The van der Waals surface area contributed by atoms with E-state index in [1.807, 2.05) is 18.3 Å². The van der Waals surface area contributed by atoms with Gasteiger partial charge in [0.15, 0.2) is 5.49 Å². The van der Waals surface area contributed by atoms with Gasteiger partial charge >= 0.3 is 6.03 Å². The summed E-state index contributed by atoms with van der Waals surface area (Å²) in [6.45, 7) is 0.617. The summed E-state index contributed by atoms with van der Waals surface area (Å²) >= 11 is 0. The highest BCUT2D eigenvalue weighted by molar-refractivity contribution is 5.78. The Morgan fingerprint density at radius 1 is 1.22 bits per heavy atom. The van der Waals surface area contributed by atoms with Crippen LogP contribution in [0.25, 0.3) is 11.1 Å². The van der Waals surface area contributed by atoms with Crippen LogP contribution in [-0.4, -0.2) is 22.1 Å². The molecule has 0 atom stereocenters. The zero-order chi connectivity index (χ0) is 19.2. The monoisotopic (exact) mass is 365 g/mol. The van der Waals surface area contributed by atoms with E-state index >= 15 is 0 Å². The van der Waals surface area contributed by atoms with Crippen LogP contribution in [0.1, 0.15) is 12.0 Å². The van der Waals surface area contributed by atoms with E-state index in [1.165, 1.54) is 18.3 Å². The average molecular weight is 365 g/mol. The fourth-order valence-electron chi connectivity index (χ4n) is 2.76. The molecule has 138 valence electrons. The van der Waals surface area contributed by atoms with Crippen molar-refractivity contribution in [2.45, 2.75) is 12.8 Å². The van der Waals surface area contributed by atoms with E-state index in [4.69, 9.17) is 11.1 Å². The lowest BCUT2D eigenvalue weighted by Crippen LogP contribution is -2.33. The van der Waals surface area contributed by atoms with Gasteiger partial charge in [0.1, 0.15) is 5.82 Å². The first-order valence-electron chi connectivity index (χ1n) is 8.54. The Balaban J connectivity index is 1.79. The first-order chi connectivity index (χ1) is 13.0. The number of pyridine rings is 2. The van der Waals surface area contributed by atoms with Gasteiger partial charge in [-0.1, -0.05) is 18.2 Å². The van der Waals surface area contributed by atoms with Gasteiger partial charge in [0.2, 0.25) is 0 Å². The molecule has 0 aliphatic heterocycles. The number of amides is 1. The van der Waals surface area contributed by atoms with E-state index in [0.717, 1.165) is 28.5 Å².